The number of carbonyl (C=O) groups is 1. The van der Waals surface area contributed by atoms with E-state index in [4.69, 9.17) is 13.9 Å². The number of methoxy groups -OCH3 is 2. The molecule has 0 saturated heterocycles. The first-order valence-electron chi connectivity index (χ1n) is 13.9. The van der Waals surface area contributed by atoms with Gasteiger partial charge in [0.2, 0.25) is 5.89 Å². The zero-order valence-corrected chi connectivity index (χ0v) is 25.6. The van der Waals surface area contributed by atoms with Gasteiger partial charge >= 0.3 is 6.18 Å². The molecule has 0 bridgehead atoms. The summed E-state index contributed by atoms with van der Waals surface area (Å²) in [7, 11) is 4.81. The summed E-state index contributed by atoms with van der Waals surface area (Å²) >= 11 is 1.19. The van der Waals surface area contributed by atoms with Crippen LogP contribution in [0, 0.1) is 0 Å². The molecule has 0 aliphatic rings. The molecule has 0 N–H and O–H groups in total. The number of benzene rings is 3. The third-order valence-corrected chi connectivity index (χ3v) is 7.88. The van der Waals surface area contributed by atoms with Crippen molar-refractivity contribution >= 4 is 17.7 Å². The number of rotatable bonds is 12. The van der Waals surface area contributed by atoms with Gasteiger partial charge in [-0.25, -0.2) is 4.98 Å². The highest BCUT2D eigenvalue weighted by Crippen LogP contribution is 2.33. The SMILES string of the molecule is COc1ccc(CCN(C)C(=O)c2coc(CSc3nnc(Cc4ccccc4)n3-c3cccc(C(F)(F)F)c3)n2)cc1OC. The highest BCUT2D eigenvalue weighted by atomic mass is 32.2. The number of oxazole rings is 1. The second-order valence-electron chi connectivity index (χ2n) is 10.0. The van der Waals surface area contributed by atoms with E-state index in [0.29, 0.717) is 41.9 Å². The average molecular weight is 638 g/mol. The van der Waals surface area contributed by atoms with E-state index in [1.165, 1.54) is 24.1 Å². The molecule has 234 valence electrons. The van der Waals surface area contributed by atoms with Crippen LogP contribution in [0.1, 0.15) is 38.9 Å². The summed E-state index contributed by atoms with van der Waals surface area (Å²) in [6.07, 6.45) is -2.27. The number of likely N-dealkylation sites (N-methyl/N-ethyl adjacent to an activating group) is 1. The Balaban J connectivity index is 1.29. The first-order valence-corrected chi connectivity index (χ1v) is 14.8. The fourth-order valence-electron chi connectivity index (χ4n) is 4.60. The molecule has 5 aromatic rings. The average Bonchev–Trinajstić information content (AvgIpc) is 3.69. The van der Waals surface area contributed by atoms with Gasteiger partial charge in [-0.15, -0.1) is 10.2 Å². The van der Waals surface area contributed by atoms with E-state index in [0.717, 1.165) is 23.3 Å². The van der Waals surface area contributed by atoms with E-state index in [2.05, 4.69) is 15.2 Å². The third kappa shape index (κ3) is 7.66. The maximum Gasteiger partial charge on any atom is 0.416 e. The highest BCUT2D eigenvalue weighted by molar-refractivity contribution is 7.98. The minimum absolute atomic E-state index is 0.143. The lowest BCUT2D eigenvalue weighted by Gasteiger charge is -2.16. The summed E-state index contributed by atoms with van der Waals surface area (Å²) in [5.41, 5.74) is 1.55. The molecule has 0 spiro atoms. The first-order chi connectivity index (χ1) is 21.7. The van der Waals surface area contributed by atoms with Crippen molar-refractivity contribution in [3.63, 3.8) is 0 Å². The molecule has 1 amide bonds. The number of hydrogen-bond acceptors (Lipinski definition) is 8. The second kappa shape index (κ2) is 13.9. The van der Waals surface area contributed by atoms with Crippen molar-refractivity contribution in [2.75, 3.05) is 27.8 Å². The molecular formula is C32H30F3N5O4S. The molecule has 2 heterocycles. The number of hydrogen-bond donors (Lipinski definition) is 0. The Morgan fingerprint density at radius 2 is 1.73 bits per heavy atom. The Hall–Kier alpha value is -4.78. The number of thioether (sulfide) groups is 1. The Kier molecular flexibility index (Phi) is 9.77. The number of halogens is 3. The smallest absolute Gasteiger partial charge is 0.416 e. The lowest BCUT2D eigenvalue weighted by Crippen LogP contribution is -2.29. The molecule has 45 heavy (non-hydrogen) atoms. The van der Waals surface area contributed by atoms with Crippen molar-refractivity contribution in [3.05, 3.63) is 113 Å². The number of aromatic nitrogens is 4. The van der Waals surface area contributed by atoms with Crippen LogP contribution in [-0.4, -0.2) is 58.4 Å². The van der Waals surface area contributed by atoms with E-state index in [1.807, 2.05) is 48.5 Å². The lowest BCUT2D eigenvalue weighted by molar-refractivity contribution is -0.137. The van der Waals surface area contributed by atoms with E-state index in [1.54, 1.807) is 36.8 Å². The zero-order valence-electron chi connectivity index (χ0n) is 24.7. The molecule has 0 unspecified atom stereocenters. The minimum atomic E-state index is -4.51. The number of alkyl halides is 3. The minimum Gasteiger partial charge on any atom is -0.493 e. The molecule has 2 aromatic heterocycles. The van der Waals surface area contributed by atoms with Crippen LogP contribution >= 0.6 is 11.8 Å². The normalized spacial score (nSPS) is 11.4. The quantitative estimate of drug-likeness (QED) is 0.143. The molecule has 0 aliphatic carbocycles. The number of carbonyl (C=O) groups excluding carboxylic acids is 1. The van der Waals surface area contributed by atoms with Crippen molar-refractivity contribution in [2.45, 2.75) is 29.9 Å². The molecule has 0 saturated carbocycles. The molecular weight excluding hydrogens is 607 g/mol. The van der Waals surface area contributed by atoms with Gasteiger partial charge < -0.3 is 18.8 Å². The topological polar surface area (TPSA) is 95.5 Å². The van der Waals surface area contributed by atoms with Crippen molar-refractivity contribution in [1.82, 2.24) is 24.6 Å². The molecule has 0 aliphatic heterocycles. The molecule has 0 radical (unpaired) electrons. The van der Waals surface area contributed by atoms with Gasteiger partial charge in [0.05, 0.1) is 31.2 Å². The number of ether oxygens (including phenoxy) is 2. The Morgan fingerprint density at radius 3 is 2.47 bits per heavy atom. The standard InChI is InChI=1S/C32H30F3N5O4S/c1-39(15-14-22-12-13-26(42-2)27(16-22)43-3)30(41)25-19-44-29(36-25)20-45-31-38-37-28(17-21-8-5-4-6-9-21)40(31)24-11-7-10-23(18-24)32(33,34)35/h4-13,16,18-19H,14-15,17,20H2,1-3H3. The summed E-state index contributed by atoms with van der Waals surface area (Å²) in [6.45, 7) is 0.426. The first kappa shape index (κ1) is 31.6. The molecule has 0 atom stereocenters. The fourth-order valence-corrected chi connectivity index (χ4v) is 5.42. The molecule has 3 aromatic carbocycles. The van der Waals surface area contributed by atoms with Crippen LogP contribution in [0.2, 0.25) is 0 Å². The van der Waals surface area contributed by atoms with E-state index in [9.17, 15) is 18.0 Å². The van der Waals surface area contributed by atoms with Crippen molar-refractivity contribution < 1.29 is 31.9 Å². The van der Waals surface area contributed by atoms with Gasteiger partial charge in [-0.1, -0.05) is 54.2 Å². The van der Waals surface area contributed by atoms with Crippen molar-refractivity contribution in [2.24, 2.45) is 0 Å². The number of nitrogens with zero attached hydrogens (tertiary/aromatic N) is 5. The molecule has 9 nitrogen and oxygen atoms in total. The van der Waals surface area contributed by atoms with Gasteiger partial charge in [0.25, 0.3) is 5.91 Å². The predicted octanol–water partition coefficient (Wildman–Crippen LogP) is 6.49. The largest absolute Gasteiger partial charge is 0.493 e. The van der Waals surface area contributed by atoms with Gasteiger partial charge in [0, 0.05) is 20.0 Å². The van der Waals surface area contributed by atoms with Crippen LogP contribution < -0.4 is 9.47 Å². The molecule has 5 rings (SSSR count). The Labute approximate surface area is 262 Å². The summed E-state index contributed by atoms with van der Waals surface area (Å²) in [4.78, 5) is 18.9. The zero-order chi connectivity index (χ0) is 32.0. The van der Waals surface area contributed by atoms with Crippen LogP contribution in [0.25, 0.3) is 5.69 Å². The van der Waals surface area contributed by atoms with Crippen LogP contribution in [0.3, 0.4) is 0 Å². The van der Waals surface area contributed by atoms with Crippen LogP contribution in [-0.2, 0) is 24.8 Å². The van der Waals surface area contributed by atoms with Crippen molar-refractivity contribution in [1.29, 1.82) is 0 Å². The fraction of sp³-hybridized carbons (Fsp3) is 0.250. The Bertz CT molecular complexity index is 1760. The van der Waals surface area contributed by atoms with Crippen LogP contribution in [0.15, 0.2) is 88.6 Å². The van der Waals surface area contributed by atoms with E-state index in [-0.39, 0.29) is 28.9 Å². The Morgan fingerprint density at radius 1 is 0.956 bits per heavy atom. The molecule has 0 fully saturated rings. The van der Waals surface area contributed by atoms with Gasteiger partial charge in [0.1, 0.15) is 12.1 Å². The maximum atomic E-state index is 13.5. The lowest BCUT2D eigenvalue weighted by atomic mass is 10.1. The van der Waals surface area contributed by atoms with Gasteiger partial charge in [0.15, 0.2) is 22.3 Å². The van der Waals surface area contributed by atoms with Crippen LogP contribution in [0.4, 0.5) is 13.2 Å². The maximum absolute atomic E-state index is 13.5. The van der Waals surface area contributed by atoms with Crippen LogP contribution in [0.5, 0.6) is 11.5 Å². The highest BCUT2D eigenvalue weighted by Gasteiger charge is 2.31. The summed E-state index contributed by atoms with van der Waals surface area (Å²) in [5.74, 6) is 1.83. The summed E-state index contributed by atoms with van der Waals surface area (Å²) in [6, 6.07) is 20.1. The third-order valence-electron chi connectivity index (χ3n) is 6.96. The van der Waals surface area contributed by atoms with E-state index >= 15 is 0 Å². The molecule has 13 heteroatoms. The summed E-state index contributed by atoms with van der Waals surface area (Å²) < 4.78 is 58.4. The van der Waals surface area contributed by atoms with Gasteiger partial charge in [-0.05, 0) is 47.9 Å². The monoisotopic (exact) mass is 637 g/mol. The van der Waals surface area contributed by atoms with Crippen molar-refractivity contribution in [3.8, 4) is 17.2 Å². The predicted molar refractivity (Wildman–Crippen MR) is 162 cm³/mol. The second-order valence-corrected chi connectivity index (χ2v) is 11.0. The van der Waals surface area contributed by atoms with E-state index < -0.39 is 11.7 Å². The number of amides is 1. The van der Waals surface area contributed by atoms with Gasteiger partial charge in [-0.3, -0.25) is 9.36 Å². The van der Waals surface area contributed by atoms with Gasteiger partial charge in [-0.2, -0.15) is 13.2 Å². The summed E-state index contributed by atoms with van der Waals surface area (Å²) in [5, 5.41) is 8.93.